The second kappa shape index (κ2) is 9.45. The Morgan fingerprint density at radius 2 is 1.54 bits per heavy atom. The van der Waals surface area contributed by atoms with Crippen molar-refractivity contribution >= 4 is 0 Å². The Balaban J connectivity index is 1.45. The molecule has 1 aromatic carbocycles. The van der Waals surface area contributed by atoms with Gasteiger partial charge in [0.15, 0.2) is 5.83 Å². The van der Waals surface area contributed by atoms with Crippen molar-refractivity contribution in [1.29, 1.82) is 0 Å². The molecule has 0 amide bonds. The quantitative estimate of drug-likeness (QED) is 0.441. The summed E-state index contributed by atoms with van der Waals surface area (Å²) in [6.45, 7) is 2.35. The molecule has 1 aromatic rings. The standard InChI is InChI=1S/C24H32F4/c1-17-2-4-18(5-3-17)6-7-19-8-12-21(13-9-19)22-14-10-20(11-15-22)16-23(25)24(26,27)28/h8-9,12-13,16-18,20,22H,2-7,10-11,14-15H2,1H3. The van der Waals surface area contributed by atoms with E-state index in [1.807, 2.05) is 0 Å². The second-order valence-electron chi connectivity index (χ2n) is 9.03. The molecule has 0 spiro atoms. The molecule has 0 heterocycles. The summed E-state index contributed by atoms with van der Waals surface area (Å²) >= 11 is 0. The maximum atomic E-state index is 13.1. The molecule has 2 fully saturated rings. The number of rotatable bonds is 5. The van der Waals surface area contributed by atoms with Crippen molar-refractivity contribution in [2.45, 2.75) is 83.2 Å². The van der Waals surface area contributed by atoms with Crippen molar-refractivity contribution < 1.29 is 17.6 Å². The monoisotopic (exact) mass is 396 g/mol. The van der Waals surface area contributed by atoms with E-state index in [0.717, 1.165) is 37.2 Å². The summed E-state index contributed by atoms with van der Waals surface area (Å²) in [5.41, 5.74) is 2.65. The number of alkyl halides is 3. The number of hydrogen-bond donors (Lipinski definition) is 0. The molecule has 2 aliphatic rings. The summed E-state index contributed by atoms with van der Waals surface area (Å²) in [5.74, 6) is -0.0852. The fraction of sp³-hybridized carbons (Fsp3) is 0.667. The average molecular weight is 397 g/mol. The molecule has 0 atom stereocenters. The van der Waals surface area contributed by atoms with Crippen molar-refractivity contribution in [1.82, 2.24) is 0 Å². The van der Waals surface area contributed by atoms with Crippen LogP contribution in [0.1, 0.15) is 81.8 Å². The van der Waals surface area contributed by atoms with Crippen molar-refractivity contribution in [3.8, 4) is 0 Å². The third kappa shape index (κ3) is 6.09. The van der Waals surface area contributed by atoms with Crippen LogP contribution in [-0.4, -0.2) is 6.18 Å². The minimum atomic E-state index is -4.84. The van der Waals surface area contributed by atoms with Crippen LogP contribution in [0, 0.1) is 17.8 Å². The molecular formula is C24H32F4. The van der Waals surface area contributed by atoms with Crippen molar-refractivity contribution in [3.05, 3.63) is 47.3 Å². The van der Waals surface area contributed by atoms with Gasteiger partial charge in [-0.2, -0.15) is 13.2 Å². The summed E-state index contributed by atoms with van der Waals surface area (Å²) in [6.07, 6.45) is 6.71. The second-order valence-corrected chi connectivity index (χ2v) is 9.03. The molecule has 0 saturated heterocycles. The molecule has 0 bridgehead atoms. The van der Waals surface area contributed by atoms with Crippen LogP contribution in [0.3, 0.4) is 0 Å². The van der Waals surface area contributed by atoms with Gasteiger partial charge in [0.2, 0.25) is 0 Å². The van der Waals surface area contributed by atoms with Crippen LogP contribution in [0.4, 0.5) is 17.6 Å². The van der Waals surface area contributed by atoms with Crippen LogP contribution >= 0.6 is 0 Å². The zero-order valence-electron chi connectivity index (χ0n) is 16.8. The first-order valence-corrected chi connectivity index (χ1v) is 10.8. The SMILES string of the molecule is CC1CCC(CCc2ccc(C3CCC(C=C(F)C(F)(F)F)CC3)cc2)CC1. The Labute approximate surface area is 166 Å². The highest BCUT2D eigenvalue weighted by molar-refractivity contribution is 5.26. The van der Waals surface area contributed by atoms with Crippen LogP contribution in [0.5, 0.6) is 0 Å². The van der Waals surface area contributed by atoms with Crippen LogP contribution in [-0.2, 0) is 6.42 Å². The molecule has 0 unspecified atom stereocenters. The topological polar surface area (TPSA) is 0 Å². The van der Waals surface area contributed by atoms with Gasteiger partial charge in [-0.25, -0.2) is 4.39 Å². The van der Waals surface area contributed by atoms with Gasteiger partial charge in [0.25, 0.3) is 0 Å². The molecule has 0 nitrogen and oxygen atoms in total. The van der Waals surface area contributed by atoms with E-state index in [2.05, 4.69) is 31.2 Å². The molecule has 3 rings (SSSR count). The number of benzene rings is 1. The highest BCUT2D eigenvalue weighted by atomic mass is 19.4. The molecule has 0 N–H and O–H groups in total. The van der Waals surface area contributed by atoms with E-state index >= 15 is 0 Å². The molecule has 4 heteroatoms. The average Bonchev–Trinajstić information content (AvgIpc) is 2.68. The summed E-state index contributed by atoms with van der Waals surface area (Å²) in [6, 6.07) is 8.82. The third-order valence-electron chi connectivity index (χ3n) is 6.85. The minimum Gasteiger partial charge on any atom is -0.202 e. The van der Waals surface area contributed by atoms with Gasteiger partial charge in [0.05, 0.1) is 0 Å². The lowest BCUT2D eigenvalue weighted by Crippen LogP contribution is -2.15. The van der Waals surface area contributed by atoms with Gasteiger partial charge in [-0.1, -0.05) is 56.9 Å². The number of halogens is 4. The first-order chi connectivity index (χ1) is 13.3. The van der Waals surface area contributed by atoms with Crippen LogP contribution < -0.4 is 0 Å². The van der Waals surface area contributed by atoms with Gasteiger partial charge in [0, 0.05) is 0 Å². The highest BCUT2D eigenvalue weighted by Gasteiger charge is 2.35. The summed E-state index contributed by atoms with van der Waals surface area (Å²) in [5, 5.41) is 0. The Hall–Kier alpha value is -1.32. The van der Waals surface area contributed by atoms with E-state index in [9.17, 15) is 17.6 Å². The highest BCUT2D eigenvalue weighted by Crippen LogP contribution is 2.38. The predicted molar refractivity (Wildman–Crippen MR) is 106 cm³/mol. The van der Waals surface area contributed by atoms with Crippen LogP contribution in [0.25, 0.3) is 0 Å². The Kier molecular flexibility index (Phi) is 7.22. The summed E-state index contributed by atoms with van der Waals surface area (Å²) in [4.78, 5) is 0. The first kappa shape index (κ1) is 21.4. The largest absolute Gasteiger partial charge is 0.442 e. The van der Waals surface area contributed by atoms with E-state index < -0.39 is 12.0 Å². The molecule has 0 aliphatic heterocycles. The van der Waals surface area contributed by atoms with E-state index in [4.69, 9.17) is 0 Å². The smallest absolute Gasteiger partial charge is 0.202 e. The van der Waals surface area contributed by atoms with Crippen LogP contribution in [0.2, 0.25) is 0 Å². The van der Waals surface area contributed by atoms with Gasteiger partial charge in [-0.15, -0.1) is 0 Å². The maximum Gasteiger partial charge on any atom is 0.442 e. The predicted octanol–water partition coefficient (Wildman–Crippen LogP) is 8.14. The Morgan fingerprint density at radius 3 is 2.11 bits per heavy atom. The molecule has 0 radical (unpaired) electrons. The zero-order chi connectivity index (χ0) is 20.1. The van der Waals surface area contributed by atoms with Gasteiger partial charge in [-0.05, 0) is 79.4 Å². The number of allylic oxidation sites excluding steroid dienone is 2. The van der Waals surface area contributed by atoms with Gasteiger partial charge < -0.3 is 0 Å². The van der Waals surface area contributed by atoms with Gasteiger partial charge in [0.1, 0.15) is 0 Å². The first-order valence-electron chi connectivity index (χ1n) is 10.8. The van der Waals surface area contributed by atoms with Crippen molar-refractivity contribution in [2.24, 2.45) is 17.8 Å². The molecule has 28 heavy (non-hydrogen) atoms. The molecule has 2 saturated carbocycles. The van der Waals surface area contributed by atoms with Crippen molar-refractivity contribution in [3.63, 3.8) is 0 Å². The van der Waals surface area contributed by atoms with E-state index in [1.165, 1.54) is 43.2 Å². The molecule has 0 aromatic heterocycles. The van der Waals surface area contributed by atoms with Crippen LogP contribution in [0.15, 0.2) is 36.2 Å². The molecular weight excluding hydrogens is 364 g/mol. The fourth-order valence-electron chi connectivity index (χ4n) is 4.87. The van der Waals surface area contributed by atoms with E-state index in [0.29, 0.717) is 18.8 Å². The summed E-state index contributed by atoms with van der Waals surface area (Å²) < 4.78 is 50.1. The summed E-state index contributed by atoms with van der Waals surface area (Å²) in [7, 11) is 0. The lowest BCUT2D eigenvalue weighted by Gasteiger charge is -2.27. The lowest BCUT2D eigenvalue weighted by molar-refractivity contribution is -0.109. The fourth-order valence-corrected chi connectivity index (χ4v) is 4.87. The van der Waals surface area contributed by atoms with E-state index in [-0.39, 0.29) is 5.92 Å². The lowest BCUT2D eigenvalue weighted by atomic mass is 9.78. The zero-order valence-corrected chi connectivity index (χ0v) is 16.8. The minimum absolute atomic E-state index is 0.296. The van der Waals surface area contributed by atoms with Crippen molar-refractivity contribution in [2.75, 3.05) is 0 Å². The normalized spacial score (nSPS) is 29.7. The third-order valence-corrected chi connectivity index (χ3v) is 6.85. The Morgan fingerprint density at radius 1 is 0.929 bits per heavy atom. The number of hydrogen-bond acceptors (Lipinski definition) is 0. The number of aryl methyl sites for hydroxylation is 1. The van der Waals surface area contributed by atoms with Gasteiger partial charge in [-0.3, -0.25) is 0 Å². The Bertz CT molecular complexity index is 628. The molecule has 156 valence electrons. The van der Waals surface area contributed by atoms with E-state index in [1.54, 1.807) is 0 Å². The van der Waals surface area contributed by atoms with Gasteiger partial charge >= 0.3 is 6.18 Å². The molecule has 2 aliphatic carbocycles. The maximum absolute atomic E-state index is 13.1.